The molecule has 0 aromatic heterocycles. The lowest BCUT2D eigenvalue weighted by atomic mass is 10.1. The predicted octanol–water partition coefficient (Wildman–Crippen LogP) is 0.501. The van der Waals surface area contributed by atoms with Crippen molar-refractivity contribution in [1.29, 1.82) is 0 Å². The Morgan fingerprint density at radius 1 is 1.67 bits per heavy atom. The summed E-state index contributed by atoms with van der Waals surface area (Å²) in [6.07, 6.45) is 2.44. The molecular weight excluding hydrogens is 176 g/mol. The number of sulfone groups is 1. The molecule has 1 heterocycles. The van der Waals surface area contributed by atoms with Crippen molar-refractivity contribution in [3.63, 3.8) is 0 Å². The fourth-order valence-electron chi connectivity index (χ4n) is 1.49. The summed E-state index contributed by atoms with van der Waals surface area (Å²) >= 11 is 0. The number of aliphatic hydroxyl groups excluding tert-OH is 1. The first-order valence-corrected chi connectivity index (χ1v) is 5.80. The Bertz CT molecular complexity index is 255. The minimum absolute atomic E-state index is 0.279. The second kappa shape index (κ2) is 3.58. The zero-order chi connectivity index (χ0) is 9.19. The van der Waals surface area contributed by atoms with Gasteiger partial charge in [0.05, 0.1) is 17.1 Å². The third-order valence-electron chi connectivity index (χ3n) is 2.24. The average molecular weight is 190 g/mol. The zero-order valence-corrected chi connectivity index (χ0v) is 7.76. The number of aliphatic hydroxyl groups is 1. The van der Waals surface area contributed by atoms with E-state index in [0.717, 1.165) is 6.42 Å². The van der Waals surface area contributed by atoms with Crippen LogP contribution in [0.4, 0.5) is 0 Å². The Morgan fingerprint density at radius 3 is 2.75 bits per heavy atom. The Kier molecular flexibility index (Phi) is 2.90. The summed E-state index contributed by atoms with van der Waals surface area (Å²) in [5, 5.41) is 8.83. The Balaban J connectivity index is 2.59. The maximum Gasteiger partial charge on any atom is 0.153 e. The van der Waals surface area contributed by atoms with Gasteiger partial charge in [0.25, 0.3) is 0 Å². The van der Waals surface area contributed by atoms with Crippen LogP contribution >= 0.6 is 0 Å². The van der Waals surface area contributed by atoms with Crippen molar-refractivity contribution in [3.8, 4) is 0 Å². The summed E-state index contributed by atoms with van der Waals surface area (Å²) in [5.74, 6) is 0.279. The van der Waals surface area contributed by atoms with Crippen LogP contribution in [0.3, 0.4) is 0 Å². The van der Waals surface area contributed by atoms with Crippen LogP contribution in [0.5, 0.6) is 0 Å². The van der Waals surface area contributed by atoms with E-state index < -0.39 is 15.9 Å². The molecule has 2 unspecified atom stereocenters. The van der Waals surface area contributed by atoms with Gasteiger partial charge in [0, 0.05) is 0 Å². The third-order valence-corrected chi connectivity index (χ3v) is 4.54. The molecule has 0 aliphatic carbocycles. The van der Waals surface area contributed by atoms with E-state index in [9.17, 15) is 8.42 Å². The van der Waals surface area contributed by atoms with Gasteiger partial charge in [-0.15, -0.1) is 6.58 Å². The largest absolute Gasteiger partial charge is 0.389 e. The van der Waals surface area contributed by atoms with Crippen molar-refractivity contribution < 1.29 is 13.5 Å². The van der Waals surface area contributed by atoms with Crippen molar-refractivity contribution >= 4 is 9.84 Å². The lowest BCUT2D eigenvalue weighted by Crippen LogP contribution is -2.21. The highest BCUT2D eigenvalue weighted by Gasteiger charge is 2.31. The van der Waals surface area contributed by atoms with Crippen LogP contribution in [0.2, 0.25) is 0 Å². The summed E-state index contributed by atoms with van der Waals surface area (Å²) in [7, 11) is -2.90. The average Bonchev–Trinajstić information content (AvgIpc) is 2.31. The SMILES string of the molecule is C=CC(O)CC1CCCS1(=O)=O. The highest BCUT2D eigenvalue weighted by molar-refractivity contribution is 7.92. The normalized spacial score (nSPS) is 29.9. The van der Waals surface area contributed by atoms with Gasteiger partial charge in [0.15, 0.2) is 9.84 Å². The zero-order valence-electron chi connectivity index (χ0n) is 6.94. The molecule has 1 fully saturated rings. The molecule has 4 heteroatoms. The van der Waals surface area contributed by atoms with Crippen LogP contribution in [0.25, 0.3) is 0 Å². The molecule has 3 nitrogen and oxygen atoms in total. The molecule has 0 amide bonds. The van der Waals surface area contributed by atoms with Gasteiger partial charge in [-0.2, -0.15) is 0 Å². The molecule has 0 aromatic carbocycles. The summed E-state index contributed by atoms with van der Waals surface area (Å²) in [6.45, 7) is 3.41. The molecule has 0 saturated carbocycles. The fraction of sp³-hybridized carbons (Fsp3) is 0.750. The monoisotopic (exact) mass is 190 g/mol. The van der Waals surface area contributed by atoms with Gasteiger partial charge in [0.2, 0.25) is 0 Å². The second-order valence-electron chi connectivity index (χ2n) is 3.17. The van der Waals surface area contributed by atoms with Crippen LogP contribution in [0.1, 0.15) is 19.3 Å². The molecule has 70 valence electrons. The van der Waals surface area contributed by atoms with E-state index in [1.165, 1.54) is 6.08 Å². The van der Waals surface area contributed by atoms with E-state index >= 15 is 0 Å². The Morgan fingerprint density at radius 2 is 2.33 bits per heavy atom. The van der Waals surface area contributed by atoms with E-state index in [1.54, 1.807) is 0 Å². The van der Waals surface area contributed by atoms with Crippen molar-refractivity contribution in [2.45, 2.75) is 30.6 Å². The summed E-state index contributed by atoms with van der Waals surface area (Å²) in [5.41, 5.74) is 0. The van der Waals surface area contributed by atoms with Gasteiger partial charge in [-0.3, -0.25) is 0 Å². The molecule has 1 N–H and O–H groups in total. The van der Waals surface area contributed by atoms with Gasteiger partial charge >= 0.3 is 0 Å². The first-order chi connectivity index (χ1) is 5.56. The molecule has 0 aromatic rings. The minimum Gasteiger partial charge on any atom is -0.389 e. The maximum absolute atomic E-state index is 11.3. The van der Waals surface area contributed by atoms with Gasteiger partial charge in [-0.05, 0) is 19.3 Å². The topological polar surface area (TPSA) is 54.4 Å². The molecule has 2 atom stereocenters. The highest BCUT2D eigenvalue weighted by Crippen LogP contribution is 2.23. The van der Waals surface area contributed by atoms with Gasteiger partial charge < -0.3 is 5.11 Å². The van der Waals surface area contributed by atoms with E-state index in [0.29, 0.717) is 12.8 Å². The standard InChI is InChI=1S/C8H14O3S/c1-2-7(9)6-8-4-3-5-12(8,10)11/h2,7-9H,1,3-6H2. The molecule has 12 heavy (non-hydrogen) atoms. The molecule has 1 rings (SSSR count). The summed E-state index contributed by atoms with van der Waals surface area (Å²) in [4.78, 5) is 0. The highest BCUT2D eigenvalue weighted by atomic mass is 32.2. The summed E-state index contributed by atoms with van der Waals surface area (Å²) < 4.78 is 22.5. The molecule has 0 spiro atoms. The number of rotatable bonds is 3. The van der Waals surface area contributed by atoms with Crippen molar-refractivity contribution in [2.24, 2.45) is 0 Å². The van der Waals surface area contributed by atoms with Gasteiger partial charge in [-0.1, -0.05) is 6.08 Å². The van der Waals surface area contributed by atoms with Crippen molar-refractivity contribution in [3.05, 3.63) is 12.7 Å². The van der Waals surface area contributed by atoms with Gasteiger partial charge in [0.1, 0.15) is 0 Å². The smallest absolute Gasteiger partial charge is 0.153 e. The Labute approximate surface area is 73.0 Å². The first kappa shape index (κ1) is 9.74. The minimum atomic E-state index is -2.90. The number of hydrogen-bond acceptors (Lipinski definition) is 3. The van der Waals surface area contributed by atoms with Crippen LogP contribution in [-0.4, -0.2) is 30.6 Å². The van der Waals surface area contributed by atoms with Gasteiger partial charge in [-0.25, -0.2) is 8.42 Å². The van der Waals surface area contributed by atoms with Crippen molar-refractivity contribution in [1.82, 2.24) is 0 Å². The molecule has 0 radical (unpaired) electrons. The van der Waals surface area contributed by atoms with E-state index in [2.05, 4.69) is 6.58 Å². The molecule has 1 aliphatic rings. The quantitative estimate of drug-likeness (QED) is 0.659. The molecular formula is C8H14O3S. The molecule has 1 aliphatic heterocycles. The summed E-state index contributed by atoms with van der Waals surface area (Å²) in [6, 6.07) is 0. The first-order valence-electron chi connectivity index (χ1n) is 4.08. The molecule has 1 saturated heterocycles. The van der Waals surface area contributed by atoms with Crippen LogP contribution in [0, 0.1) is 0 Å². The second-order valence-corrected chi connectivity index (χ2v) is 5.57. The maximum atomic E-state index is 11.3. The van der Waals surface area contributed by atoms with Crippen molar-refractivity contribution in [2.75, 3.05) is 5.75 Å². The molecule has 0 bridgehead atoms. The van der Waals surface area contributed by atoms with E-state index in [4.69, 9.17) is 5.11 Å². The van der Waals surface area contributed by atoms with E-state index in [-0.39, 0.29) is 11.0 Å². The Hall–Kier alpha value is -0.350. The van der Waals surface area contributed by atoms with Crippen LogP contribution < -0.4 is 0 Å². The fourth-order valence-corrected chi connectivity index (χ4v) is 3.41. The predicted molar refractivity (Wildman–Crippen MR) is 47.6 cm³/mol. The number of hydrogen-bond donors (Lipinski definition) is 1. The lowest BCUT2D eigenvalue weighted by molar-refractivity contribution is 0.210. The van der Waals surface area contributed by atoms with Crippen LogP contribution in [0.15, 0.2) is 12.7 Å². The third kappa shape index (κ3) is 2.08. The van der Waals surface area contributed by atoms with Crippen LogP contribution in [-0.2, 0) is 9.84 Å². The lowest BCUT2D eigenvalue weighted by Gasteiger charge is -2.10. The van der Waals surface area contributed by atoms with E-state index in [1.807, 2.05) is 0 Å².